The molecule has 1 saturated carbocycles. The summed E-state index contributed by atoms with van der Waals surface area (Å²) in [7, 11) is 0. The van der Waals surface area contributed by atoms with Crippen LogP contribution in [-0.2, 0) is 0 Å². The highest BCUT2D eigenvalue weighted by Gasteiger charge is 2.50. The molecule has 0 radical (unpaired) electrons. The van der Waals surface area contributed by atoms with Crippen molar-refractivity contribution in [3.05, 3.63) is 47.5 Å². The Morgan fingerprint density at radius 3 is 2.79 bits per heavy atom. The topological polar surface area (TPSA) is 76.8 Å². The number of imidazole rings is 1. The summed E-state index contributed by atoms with van der Waals surface area (Å²) in [6.45, 7) is 8.74. The zero-order valence-corrected chi connectivity index (χ0v) is 14.6. The third kappa shape index (κ3) is 3.19. The van der Waals surface area contributed by atoms with E-state index in [9.17, 15) is 18.0 Å². The summed E-state index contributed by atoms with van der Waals surface area (Å²) in [6.07, 6.45) is -1.05. The van der Waals surface area contributed by atoms with Gasteiger partial charge in [-0.1, -0.05) is 0 Å². The molecule has 7 nitrogen and oxygen atoms in total. The molecule has 0 spiro atoms. The first-order valence-electron chi connectivity index (χ1n) is 8.46. The lowest BCUT2D eigenvalue weighted by atomic mass is 10.1. The van der Waals surface area contributed by atoms with Crippen molar-refractivity contribution in [1.29, 1.82) is 0 Å². The van der Waals surface area contributed by atoms with E-state index in [-0.39, 0.29) is 11.3 Å². The van der Waals surface area contributed by atoms with Gasteiger partial charge in [0.05, 0.1) is 12.8 Å². The summed E-state index contributed by atoms with van der Waals surface area (Å²) in [5.41, 5.74) is 1.21. The van der Waals surface area contributed by atoms with E-state index in [0.29, 0.717) is 35.7 Å². The molecule has 4 rings (SSSR count). The van der Waals surface area contributed by atoms with Gasteiger partial charge in [0.2, 0.25) is 5.69 Å². The number of halogens is 3. The van der Waals surface area contributed by atoms with Crippen LogP contribution in [0.2, 0.25) is 0 Å². The van der Waals surface area contributed by atoms with Crippen LogP contribution in [0.5, 0.6) is 0 Å². The Hall–Kier alpha value is -3.35. The van der Waals surface area contributed by atoms with E-state index in [0.717, 1.165) is 0 Å². The van der Waals surface area contributed by atoms with Crippen LogP contribution in [0.4, 0.5) is 18.9 Å². The van der Waals surface area contributed by atoms with Crippen LogP contribution >= 0.6 is 0 Å². The van der Waals surface area contributed by atoms with Gasteiger partial charge >= 0.3 is 6.18 Å². The Morgan fingerprint density at radius 1 is 1.43 bits per heavy atom. The van der Waals surface area contributed by atoms with Gasteiger partial charge in [-0.05, 0) is 37.8 Å². The second-order valence-corrected chi connectivity index (χ2v) is 6.68. The Balaban J connectivity index is 1.71. The van der Waals surface area contributed by atoms with Crippen LogP contribution in [0.1, 0.15) is 29.0 Å². The minimum atomic E-state index is -4.52. The molecule has 3 heterocycles. The number of furan rings is 1. The fraction of sp³-hybridized carbons (Fsp3) is 0.333. The van der Waals surface area contributed by atoms with Gasteiger partial charge in [0.25, 0.3) is 5.91 Å². The maximum absolute atomic E-state index is 13.2. The number of nitrogens with one attached hydrogen (secondary N) is 1. The van der Waals surface area contributed by atoms with E-state index < -0.39 is 24.0 Å². The first-order chi connectivity index (χ1) is 13.3. The molecule has 3 aromatic heterocycles. The largest absolute Gasteiger partial charge is 0.475 e. The van der Waals surface area contributed by atoms with Crippen molar-refractivity contribution in [1.82, 2.24) is 19.7 Å². The molecule has 0 aliphatic heterocycles. The Bertz CT molecular complexity index is 1100. The molecule has 0 aromatic carbocycles. The highest BCUT2D eigenvalue weighted by atomic mass is 19.4. The number of alkyl halides is 3. The lowest BCUT2D eigenvalue weighted by Gasteiger charge is -2.20. The van der Waals surface area contributed by atoms with Gasteiger partial charge in [0.1, 0.15) is 23.8 Å². The molecule has 28 heavy (non-hydrogen) atoms. The number of fused-ring (bicyclic) bond motifs is 1. The summed E-state index contributed by atoms with van der Waals surface area (Å²) >= 11 is 0. The summed E-state index contributed by atoms with van der Waals surface area (Å²) in [6, 6.07) is 1.27. The lowest BCUT2D eigenvalue weighted by Crippen LogP contribution is -2.47. The number of hydrogen-bond acceptors (Lipinski definition) is 4. The molecule has 144 valence electrons. The molecule has 1 atom stereocenters. The number of aromatic nitrogens is 3. The quantitative estimate of drug-likeness (QED) is 0.686. The third-order valence-corrected chi connectivity index (χ3v) is 4.61. The van der Waals surface area contributed by atoms with Crippen LogP contribution < -0.4 is 5.32 Å². The average molecular weight is 389 g/mol. The first-order valence-corrected chi connectivity index (χ1v) is 8.46. The van der Waals surface area contributed by atoms with Crippen molar-refractivity contribution >= 4 is 17.2 Å². The second kappa shape index (κ2) is 6.37. The van der Waals surface area contributed by atoms with Crippen molar-refractivity contribution in [2.75, 3.05) is 0 Å². The van der Waals surface area contributed by atoms with Crippen molar-refractivity contribution in [3.8, 4) is 11.5 Å². The minimum Gasteiger partial charge on any atom is -0.475 e. The molecule has 0 saturated heterocycles. The van der Waals surface area contributed by atoms with Crippen molar-refractivity contribution in [3.63, 3.8) is 0 Å². The van der Waals surface area contributed by atoms with Crippen LogP contribution in [-0.4, -0.2) is 32.5 Å². The molecule has 0 bridgehead atoms. The van der Waals surface area contributed by atoms with Crippen molar-refractivity contribution in [2.24, 2.45) is 5.92 Å². The number of carbonyl (C=O) groups is 1. The Labute approximate surface area is 157 Å². The van der Waals surface area contributed by atoms with Gasteiger partial charge < -0.3 is 9.73 Å². The van der Waals surface area contributed by atoms with E-state index >= 15 is 0 Å². The Morgan fingerprint density at radius 2 is 2.18 bits per heavy atom. The smallest absolute Gasteiger partial charge is 0.408 e. The van der Waals surface area contributed by atoms with Crippen molar-refractivity contribution in [2.45, 2.75) is 32.0 Å². The van der Waals surface area contributed by atoms with E-state index in [1.54, 1.807) is 13.0 Å². The first kappa shape index (κ1) is 18.0. The summed E-state index contributed by atoms with van der Waals surface area (Å²) < 4.78 is 46.5. The van der Waals surface area contributed by atoms with E-state index in [2.05, 4.69) is 20.1 Å². The van der Waals surface area contributed by atoms with Gasteiger partial charge in [-0.2, -0.15) is 13.2 Å². The standard InChI is InChI=1S/C18H14F3N5O2/c1-9-5-12(13-6-11(22-2)7-28-13)24-16-14(23-8-26(9)16)17(27)25-15(10-3-4-10)18(19,20)21/h5-8,10,15H,3-4H2,1H3,(H,25,27). The normalized spacial score (nSPS) is 15.4. The van der Waals surface area contributed by atoms with Gasteiger partial charge in [-0.15, -0.1) is 0 Å². The zero-order valence-electron chi connectivity index (χ0n) is 14.6. The van der Waals surface area contributed by atoms with Crippen LogP contribution in [0.25, 0.3) is 21.9 Å². The van der Waals surface area contributed by atoms with E-state index in [1.165, 1.54) is 23.1 Å². The predicted molar refractivity (Wildman–Crippen MR) is 91.7 cm³/mol. The SMILES string of the molecule is [C-]#[N+]c1coc(-c2cc(C)n3cnc(C(=O)NC(C4CC4)C(F)(F)F)c3n2)c1. The second-order valence-electron chi connectivity index (χ2n) is 6.68. The van der Waals surface area contributed by atoms with Crippen LogP contribution in [0.3, 0.4) is 0 Å². The average Bonchev–Trinajstić information content (AvgIpc) is 3.18. The fourth-order valence-corrected chi connectivity index (χ4v) is 3.03. The number of amides is 1. The summed E-state index contributed by atoms with van der Waals surface area (Å²) in [5, 5.41) is 2.06. The highest BCUT2D eigenvalue weighted by molar-refractivity contribution is 5.98. The predicted octanol–water partition coefficient (Wildman–Crippen LogP) is 3.92. The lowest BCUT2D eigenvalue weighted by molar-refractivity contribution is -0.158. The number of hydrogen-bond donors (Lipinski definition) is 1. The van der Waals surface area contributed by atoms with Gasteiger partial charge in [0.15, 0.2) is 11.3 Å². The molecule has 3 aromatic rings. The molecule has 1 N–H and O–H groups in total. The zero-order chi connectivity index (χ0) is 20.1. The van der Waals surface area contributed by atoms with Crippen LogP contribution in [0, 0.1) is 19.4 Å². The molecule has 1 unspecified atom stereocenters. The van der Waals surface area contributed by atoms with Gasteiger partial charge in [-0.25, -0.2) is 14.8 Å². The number of carbonyl (C=O) groups excluding carboxylic acids is 1. The highest BCUT2D eigenvalue weighted by Crippen LogP contribution is 2.40. The van der Waals surface area contributed by atoms with Gasteiger partial charge in [0, 0.05) is 5.69 Å². The van der Waals surface area contributed by atoms with E-state index in [4.69, 9.17) is 11.0 Å². The molecular weight excluding hydrogens is 375 g/mol. The fourth-order valence-electron chi connectivity index (χ4n) is 3.03. The van der Waals surface area contributed by atoms with Gasteiger partial charge in [-0.3, -0.25) is 9.20 Å². The molecule has 10 heteroatoms. The number of aryl methyl sites for hydroxylation is 1. The van der Waals surface area contributed by atoms with E-state index in [1.807, 2.05) is 0 Å². The number of nitrogens with zero attached hydrogens (tertiary/aromatic N) is 4. The maximum Gasteiger partial charge on any atom is 0.408 e. The summed E-state index contributed by atoms with van der Waals surface area (Å²) in [5.74, 6) is -1.21. The molecule has 1 fully saturated rings. The Kier molecular flexibility index (Phi) is 4.10. The molecule has 1 amide bonds. The molecule has 1 aliphatic rings. The molecular formula is C18H14F3N5O2. The van der Waals surface area contributed by atoms with Crippen LogP contribution in [0.15, 0.2) is 29.1 Å². The number of rotatable bonds is 4. The monoisotopic (exact) mass is 389 g/mol. The maximum atomic E-state index is 13.2. The summed E-state index contributed by atoms with van der Waals surface area (Å²) in [4.78, 5) is 24.1. The minimum absolute atomic E-state index is 0.116. The van der Waals surface area contributed by atoms with Crippen molar-refractivity contribution < 1.29 is 22.4 Å². The third-order valence-electron chi connectivity index (χ3n) is 4.61. The molecule has 1 aliphatic carbocycles.